The molecule has 0 aromatic rings. The number of nitrogens with one attached hydrogen (secondary N) is 1. The summed E-state index contributed by atoms with van der Waals surface area (Å²) in [5, 5.41) is 12.6. The average Bonchev–Trinajstić information content (AvgIpc) is 2.90. The van der Waals surface area contributed by atoms with Gasteiger partial charge in [0.1, 0.15) is 12.0 Å². The second-order valence-corrected chi connectivity index (χ2v) is 6.26. The van der Waals surface area contributed by atoms with Crippen LogP contribution in [-0.4, -0.2) is 36.1 Å². The minimum absolute atomic E-state index is 0.0961. The van der Waals surface area contributed by atoms with E-state index in [1.807, 2.05) is 6.92 Å². The van der Waals surface area contributed by atoms with Gasteiger partial charge >= 0.3 is 5.97 Å². The van der Waals surface area contributed by atoms with Gasteiger partial charge in [-0.15, -0.1) is 0 Å². The molecule has 22 heavy (non-hydrogen) atoms. The maximum absolute atomic E-state index is 11.6. The summed E-state index contributed by atoms with van der Waals surface area (Å²) in [4.78, 5) is 22.9. The van der Waals surface area contributed by atoms with Gasteiger partial charge in [-0.25, -0.2) is 4.79 Å². The minimum atomic E-state index is -0.936. The van der Waals surface area contributed by atoms with E-state index in [2.05, 4.69) is 12.2 Å². The third kappa shape index (κ3) is 3.35. The lowest BCUT2D eigenvalue weighted by molar-refractivity contribution is -0.133. The number of carboxylic acids is 1. The molecular formula is C17H27NO4. The minimum Gasteiger partial charge on any atom is -0.477 e. The van der Waals surface area contributed by atoms with E-state index in [0.29, 0.717) is 6.61 Å². The quantitative estimate of drug-likeness (QED) is 0.532. The summed E-state index contributed by atoms with van der Waals surface area (Å²) in [6.07, 6.45) is 6.44. The van der Waals surface area contributed by atoms with E-state index < -0.39 is 5.97 Å². The molecule has 0 radical (unpaired) electrons. The molecule has 5 heteroatoms. The van der Waals surface area contributed by atoms with Gasteiger partial charge < -0.3 is 20.0 Å². The molecule has 0 bridgehead atoms. The zero-order valence-electron chi connectivity index (χ0n) is 13.5. The van der Waals surface area contributed by atoms with E-state index in [1.165, 1.54) is 0 Å². The van der Waals surface area contributed by atoms with Gasteiger partial charge in [-0.2, -0.15) is 0 Å². The molecule has 4 atom stereocenters. The number of rotatable bonds is 8. The number of carbonyl (C=O) groups excluding carboxylic acids is 1. The van der Waals surface area contributed by atoms with Crippen LogP contribution in [-0.2, 0) is 14.3 Å². The number of carbonyl (C=O) groups is 2. The summed E-state index contributed by atoms with van der Waals surface area (Å²) in [6, 6.07) is -0.0961. The molecule has 0 aromatic heterocycles. The first-order chi connectivity index (χ1) is 10.6. The van der Waals surface area contributed by atoms with E-state index >= 15 is 0 Å². The molecule has 1 aliphatic heterocycles. The topological polar surface area (TPSA) is 75.6 Å². The summed E-state index contributed by atoms with van der Waals surface area (Å²) >= 11 is 0. The lowest BCUT2D eigenvalue weighted by Crippen LogP contribution is -2.39. The molecule has 1 saturated carbocycles. The van der Waals surface area contributed by atoms with Gasteiger partial charge in [0.25, 0.3) is 0 Å². The highest BCUT2D eigenvalue weighted by molar-refractivity contribution is 5.88. The van der Waals surface area contributed by atoms with Crippen molar-refractivity contribution >= 4 is 12.3 Å². The monoisotopic (exact) mass is 309 g/mol. The lowest BCUT2D eigenvalue weighted by atomic mass is 9.76. The molecule has 0 unspecified atom stereocenters. The second-order valence-electron chi connectivity index (χ2n) is 6.26. The van der Waals surface area contributed by atoms with Crippen LogP contribution < -0.4 is 5.32 Å². The molecule has 0 saturated heterocycles. The Morgan fingerprint density at radius 3 is 2.82 bits per heavy atom. The Morgan fingerprint density at radius 1 is 1.45 bits per heavy atom. The highest BCUT2D eigenvalue weighted by Crippen LogP contribution is 2.42. The van der Waals surface area contributed by atoms with Crippen molar-refractivity contribution in [2.45, 2.75) is 64.5 Å². The van der Waals surface area contributed by atoms with Crippen LogP contribution in [0.1, 0.15) is 52.4 Å². The molecular weight excluding hydrogens is 282 g/mol. The molecule has 1 aliphatic carbocycles. The van der Waals surface area contributed by atoms with Crippen LogP contribution in [0.15, 0.2) is 11.3 Å². The first-order valence-corrected chi connectivity index (χ1v) is 8.44. The van der Waals surface area contributed by atoms with Crippen LogP contribution in [0.25, 0.3) is 0 Å². The van der Waals surface area contributed by atoms with Gasteiger partial charge in [0, 0.05) is 24.5 Å². The van der Waals surface area contributed by atoms with Gasteiger partial charge in [0.2, 0.25) is 0 Å². The largest absolute Gasteiger partial charge is 0.477 e. The zero-order chi connectivity index (χ0) is 16.1. The fourth-order valence-corrected chi connectivity index (χ4v) is 3.71. The number of aldehydes is 1. The van der Waals surface area contributed by atoms with Crippen molar-refractivity contribution in [1.29, 1.82) is 0 Å². The fraction of sp³-hybridized carbons (Fsp3) is 0.765. The van der Waals surface area contributed by atoms with Crippen LogP contribution in [0.4, 0.5) is 0 Å². The summed E-state index contributed by atoms with van der Waals surface area (Å²) in [5.74, 6) is -0.970. The zero-order valence-corrected chi connectivity index (χ0v) is 13.5. The van der Waals surface area contributed by atoms with Gasteiger partial charge in [-0.3, -0.25) is 0 Å². The van der Waals surface area contributed by atoms with Crippen molar-refractivity contribution in [3.05, 3.63) is 11.3 Å². The summed E-state index contributed by atoms with van der Waals surface area (Å²) in [5.41, 5.74) is 1.16. The van der Waals surface area contributed by atoms with Crippen molar-refractivity contribution in [2.24, 2.45) is 11.8 Å². The molecule has 2 aliphatic rings. The maximum Gasteiger partial charge on any atom is 0.352 e. The standard InChI is InChI=1S/C17H27NO4/c1-3-5-9-22-13-8-6-7-12-14(13)16(17(20)21)18-15(12)11(4-2)10-19/h10-13,15,18H,3-9H2,1-2H3,(H,20,21)/t11-,12+,13+,15+/m0/s1. The molecule has 0 spiro atoms. The maximum atomic E-state index is 11.6. The van der Waals surface area contributed by atoms with Gasteiger partial charge in [0.05, 0.1) is 6.10 Å². The Hall–Kier alpha value is -1.36. The van der Waals surface area contributed by atoms with Crippen LogP contribution >= 0.6 is 0 Å². The van der Waals surface area contributed by atoms with Crippen molar-refractivity contribution in [3.8, 4) is 0 Å². The first kappa shape index (κ1) is 17.0. The van der Waals surface area contributed by atoms with Crippen LogP contribution in [0, 0.1) is 11.8 Å². The Kier molecular flexibility index (Phi) is 6.00. The molecule has 2 rings (SSSR count). The number of carboxylic acid groups (broad SMARTS) is 1. The van der Waals surface area contributed by atoms with Crippen molar-refractivity contribution in [3.63, 3.8) is 0 Å². The van der Waals surface area contributed by atoms with Crippen molar-refractivity contribution in [1.82, 2.24) is 5.32 Å². The molecule has 0 amide bonds. The van der Waals surface area contributed by atoms with Gasteiger partial charge in [-0.05, 0) is 37.7 Å². The normalized spacial score (nSPS) is 28.9. The molecule has 1 heterocycles. The van der Waals surface area contributed by atoms with Crippen LogP contribution in [0.5, 0.6) is 0 Å². The molecule has 124 valence electrons. The number of aliphatic carboxylic acids is 1. The number of ether oxygens (including phenoxy) is 1. The highest BCUT2D eigenvalue weighted by atomic mass is 16.5. The highest BCUT2D eigenvalue weighted by Gasteiger charge is 2.45. The number of hydrogen-bond acceptors (Lipinski definition) is 4. The fourth-order valence-electron chi connectivity index (χ4n) is 3.71. The van der Waals surface area contributed by atoms with E-state index in [-0.39, 0.29) is 29.7 Å². The van der Waals surface area contributed by atoms with Crippen molar-refractivity contribution in [2.75, 3.05) is 6.61 Å². The van der Waals surface area contributed by atoms with E-state index in [1.54, 1.807) is 0 Å². The third-order valence-corrected chi connectivity index (χ3v) is 4.90. The Labute approximate surface area is 132 Å². The van der Waals surface area contributed by atoms with Gasteiger partial charge in [0.15, 0.2) is 0 Å². The lowest BCUT2D eigenvalue weighted by Gasteiger charge is -2.33. The van der Waals surface area contributed by atoms with Gasteiger partial charge in [-0.1, -0.05) is 20.3 Å². The smallest absolute Gasteiger partial charge is 0.352 e. The Bertz CT molecular complexity index is 446. The first-order valence-electron chi connectivity index (χ1n) is 8.44. The second kappa shape index (κ2) is 7.77. The summed E-state index contributed by atoms with van der Waals surface area (Å²) in [7, 11) is 0. The molecule has 2 N–H and O–H groups in total. The van der Waals surface area contributed by atoms with E-state index in [4.69, 9.17) is 4.74 Å². The summed E-state index contributed by atoms with van der Waals surface area (Å²) in [6.45, 7) is 4.75. The SMILES string of the molecule is CCCCO[C@@H]1CCC[C@@H]2C1=C(C(=O)O)N[C@@H]2[C@H](C=O)CC. The predicted octanol–water partition coefficient (Wildman–Crippen LogP) is 2.51. The average molecular weight is 309 g/mol. The Morgan fingerprint density at radius 2 is 2.23 bits per heavy atom. The predicted molar refractivity (Wildman–Crippen MR) is 83.4 cm³/mol. The molecule has 1 fully saturated rings. The third-order valence-electron chi connectivity index (χ3n) is 4.90. The van der Waals surface area contributed by atoms with E-state index in [0.717, 1.165) is 50.4 Å². The van der Waals surface area contributed by atoms with Crippen LogP contribution in [0.3, 0.4) is 0 Å². The van der Waals surface area contributed by atoms with Crippen molar-refractivity contribution < 1.29 is 19.4 Å². The number of hydrogen-bond donors (Lipinski definition) is 2. The van der Waals surface area contributed by atoms with E-state index in [9.17, 15) is 14.7 Å². The summed E-state index contributed by atoms with van der Waals surface area (Å²) < 4.78 is 5.96. The number of fused-ring (bicyclic) bond motifs is 1. The Balaban J connectivity index is 2.22. The molecule has 5 nitrogen and oxygen atoms in total. The molecule has 0 aromatic carbocycles. The van der Waals surface area contributed by atoms with Crippen LogP contribution in [0.2, 0.25) is 0 Å². The number of unbranched alkanes of at least 4 members (excludes halogenated alkanes) is 1.